The van der Waals surface area contributed by atoms with Gasteiger partial charge in [-0.15, -0.1) is 0 Å². The smallest absolute Gasteiger partial charge is 0.312 e. The first kappa shape index (κ1) is 15.3. The Hall–Kier alpha value is -1.14. The second kappa shape index (κ2) is 7.59. The molecule has 0 bridgehead atoms. The molecule has 2 aliphatic heterocycles. The third kappa shape index (κ3) is 3.70. The van der Waals surface area contributed by atoms with Crippen LogP contribution in [0, 0.1) is 0 Å². The van der Waals surface area contributed by atoms with Gasteiger partial charge in [-0.2, -0.15) is 0 Å². The van der Waals surface area contributed by atoms with E-state index in [1.807, 2.05) is 0 Å². The third-order valence-electron chi connectivity index (χ3n) is 4.16. The Bertz CT molecular complexity index is 341. The van der Waals surface area contributed by atoms with Gasteiger partial charge in [0.25, 0.3) is 0 Å². The molecule has 2 amide bonds. The Kier molecular flexibility index (Phi) is 5.79. The topological polar surface area (TPSA) is 72.9 Å². The molecule has 114 valence electrons. The fourth-order valence-corrected chi connectivity index (χ4v) is 2.94. The predicted molar refractivity (Wildman–Crippen MR) is 75.1 cm³/mol. The quantitative estimate of drug-likeness (QED) is 0.641. The summed E-state index contributed by atoms with van der Waals surface area (Å²) in [6, 6.07) is -0.195. The summed E-state index contributed by atoms with van der Waals surface area (Å²) in [6.45, 7) is 3.38. The average Bonchev–Trinajstić information content (AvgIpc) is 2.87. The van der Waals surface area contributed by atoms with Crippen molar-refractivity contribution >= 4 is 11.8 Å². The molecule has 0 aromatic heterocycles. The largest absolute Gasteiger partial charge is 0.394 e. The maximum Gasteiger partial charge on any atom is 0.312 e. The van der Waals surface area contributed by atoms with E-state index < -0.39 is 11.8 Å². The van der Waals surface area contributed by atoms with Crippen LogP contribution in [0.2, 0.25) is 0 Å². The van der Waals surface area contributed by atoms with Gasteiger partial charge in [0, 0.05) is 26.2 Å². The highest BCUT2D eigenvalue weighted by Gasteiger charge is 2.32. The number of nitrogens with zero attached hydrogens (tertiary/aromatic N) is 2. The van der Waals surface area contributed by atoms with Crippen molar-refractivity contribution in [2.45, 2.75) is 38.1 Å². The number of aliphatic hydroxyl groups excluding tert-OH is 1. The molecule has 2 rings (SSSR count). The highest BCUT2D eigenvalue weighted by molar-refractivity contribution is 6.35. The lowest BCUT2D eigenvalue weighted by Gasteiger charge is -2.30. The highest BCUT2D eigenvalue weighted by atomic mass is 16.3. The van der Waals surface area contributed by atoms with Crippen LogP contribution in [0.4, 0.5) is 0 Å². The molecule has 2 aliphatic rings. The molecule has 20 heavy (non-hydrogen) atoms. The zero-order chi connectivity index (χ0) is 14.4. The number of aliphatic hydroxyl groups is 1. The maximum atomic E-state index is 12.4. The lowest BCUT2D eigenvalue weighted by molar-refractivity contribution is -0.153. The second-order valence-corrected chi connectivity index (χ2v) is 5.58. The van der Waals surface area contributed by atoms with Crippen LogP contribution < -0.4 is 5.32 Å². The van der Waals surface area contributed by atoms with E-state index in [-0.39, 0.29) is 12.6 Å². The number of carbonyl (C=O) groups is 2. The fraction of sp³-hybridized carbons (Fsp3) is 0.857. The van der Waals surface area contributed by atoms with Crippen molar-refractivity contribution < 1.29 is 14.7 Å². The van der Waals surface area contributed by atoms with Crippen LogP contribution in [0.1, 0.15) is 32.1 Å². The van der Waals surface area contributed by atoms with E-state index in [4.69, 9.17) is 0 Å². The zero-order valence-corrected chi connectivity index (χ0v) is 12.0. The molecule has 6 nitrogen and oxygen atoms in total. The van der Waals surface area contributed by atoms with Gasteiger partial charge in [-0.1, -0.05) is 12.8 Å². The van der Waals surface area contributed by atoms with Crippen LogP contribution in [-0.2, 0) is 9.59 Å². The van der Waals surface area contributed by atoms with Gasteiger partial charge in [-0.05, 0) is 25.8 Å². The van der Waals surface area contributed by atoms with Crippen molar-refractivity contribution in [1.82, 2.24) is 15.1 Å². The van der Waals surface area contributed by atoms with E-state index >= 15 is 0 Å². The average molecular weight is 283 g/mol. The first-order chi connectivity index (χ1) is 9.74. The molecule has 0 aromatic rings. The summed E-state index contributed by atoms with van der Waals surface area (Å²) in [5.41, 5.74) is 0. The molecule has 2 fully saturated rings. The molecule has 1 atom stereocenters. The minimum absolute atomic E-state index is 0.0550. The van der Waals surface area contributed by atoms with E-state index in [1.54, 1.807) is 9.80 Å². The summed E-state index contributed by atoms with van der Waals surface area (Å²) in [5, 5.41) is 12.7. The van der Waals surface area contributed by atoms with E-state index in [1.165, 1.54) is 0 Å². The standard InChI is InChI=1S/C14H25N3O3/c18-11-12-5-2-1-3-9-17(12)14(20)13(19)16-8-4-6-15-7-10-16/h12,15,18H,1-11H2. The van der Waals surface area contributed by atoms with Gasteiger partial charge in [0.15, 0.2) is 0 Å². The van der Waals surface area contributed by atoms with Crippen LogP contribution in [0.5, 0.6) is 0 Å². The normalized spacial score (nSPS) is 24.9. The Balaban J connectivity index is 2.01. The van der Waals surface area contributed by atoms with Crippen molar-refractivity contribution in [3.8, 4) is 0 Å². The number of nitrogens with one attached hydrogen (secondary N) is 1. The molecule has 6 heteroatoms. The summed E-state index contributed by atoms with van der Waals surface area (Å²) in [5.74, 6) is -0.845. The van der Waals surface area contributed by atoms with Gasteiger partial charge in [0.2, 0.25) is 0 Å². The Morgan fingerprint density at radius 1 is 1.00 bits per heavy atom. The predicted octanol–water partition coefficient (Wildman–Crippen LogP) is -0.428. The number of amides is 2. The Morgan fingerprint density at radius 3 is 2.65 bits per heavy atom. The summed E-state index contributed by atoms with van der Waals surface area (Å²) in [6.07, 6.45) is 4.65. The fourth-order valence-electron chi connectivity index (χ4n) is 2.94. The second-order valence-electron chi connectivity index (χ2n) is 5.58. The monoisotopic (exact) mass is 283 g/mol. The molecule has 2 heterocycles. The van der Waals surface area contributed by atoms with Gasteiger partial charge in [-0.3, -0.25) is 9.59 Å². The van der Waals surface area contributed by atoms with Crippen molar-refractivity contribution in [2.24, 2.45) is 0 Å². The third-order valence-corrected chi connectivity index (χ3v) is 4.16. The Labute approximate surface area is 120 Å². The molecule has 0 saturated carbocycles. The van der Waals surface area contributed by atoms with Crippen LogP contribution in [0.15, 0.2) is 0 Å². The molecular weight excluding hydrogens is 258 g/mol. The van der Waals surface area contributed by atoms with Gasteiger partial charge >= 0.3 is 11.8 Å². The van der Waals surface area contributed by atoms with E-state index in [0.717, 1.165) is 45.2 Å². The molecule has 0 aliphatic carbocycles. The molecular formula is C14H25N3O3. The van der Waals surface area contributed by atoms with Crippen LogP contribution in [-0.4, -0.2) is 72.1 Å². The van der Waals surface area contributed by atoms with Gasteiger partial charge < -0.3 is 20.2 Å². The minimum atomic E-state index is -0.437. The molecule has 0 radical (unpaired) electrons. The molecule has 2 N–H and O–H groups in total. The van der Waals surface area contributed by atoms with Crippen molar-refractivity contribution in [2.75, 3.05) is 39.3 Å². The number of hydrogen-bond acceptors (Lipinski definition) is 4. The van der Waals surface area contributed by atoms with E-state index in [2.05, 4.69) is 5.32 Å². The lowest BCUT2D eigenvalue weighted by atomic mass is 10.1. The SMILES string of the molecule is O=C(C(=O)N1CCCCCC1CO)N1CCCNCC1. The van der Waals surface area contributed by atoms with Crippen molar-refractivity contribution in [1.29, 1.82) is 0 Å². The number of hydrogen-bond donors (Lipinski definition) is 2. The number of rotatable bonds is 1. The molecule has 1 unspecified atom stereocenters. The number of carbonyl (C=O) groups excluding carboxylic acids is 2. The first-order valence-electron chi connectivity index (χ1n) is 7.65. The molecule has 2 saturated heterocycles. The highest BCUT2D eigenvalue weighted by Crippen LogP contribution is 2.17. The zero-order valence-electron chi connectivity index (χ0n) is 12.0. The van der Waals surface area contributed by atoms with E-state index in [9.17, 15) is 14.7 Å². The van der Waals surface area contributed by atoms with Crippen LogP contribution in [0.25, 0.3) is 0 Å². The van der Waals surface area contributed by atoms with E-state index in [0.29, 0.717) is 19.6 Å². The van der Waals surface area contributed by atoms with Gasteiger partial charge in [0.05, 0.1) is 12.6 Å². The lowest BCUT2D eigenvalue weighted by Crippen LogP contribution is -2.50. The summed E-state index contributed by atoms with van der Waals surface area (Å²) < 4.78 is 0. The minimum Gasteiger partial charge on any atom is -0.394 e. The maximum absolute atomic E-state index is 12.4. The van der Waals surface area contributed by atoms with Crippen molar-refractivity contribution in [3.63, 3.8) is 0 Å². The number of likely N-dealkylation sites (tertiary alicyclic amines) is 1. The molecule has 0 aromatic carbocycles. The van der Waals surface area contributed by atoms with Crippen molar-refractivity contribution in [3.05, 3.63) is 0 Å². The van der Waals surface area contributed by atoms with Crippen LogP contribution in [0.3, 0.4) is 0 Å². The Morgan fingerprint density at radius 2 is 1.85 bits per heavy atom. The molecule has 0 spiro atoms. The van der Waals surface area contributed by atoms with Gasteiger partial charge in [-0.25, -0.2) is 0 Å². The summed E-state index contributed by atoms with van der Waals surface area (Å²) >= 11 is 0. The first-order valence-corrected chi connectivity index (χ1v) is 7.65. The summed E-state index contributed by atoms with van der Waals surface area (Å²) in [7, 11) is 0. The summed E-state index contributed by atoms with van der Waals surface area (Å²) in [4.78, 5) is 28.0. The van der Waals surface area contributed by atoms with Gasteiger partial charge in [0.1, 0.15) is 0 Å². The van der Waals surface area contributed by atoms with Crippen LogP contribution >= 0.6 is 0 Å².